The second-order valence-corrected chi connectivity index (χ2v) is 11.4. The molecule has 0 unspecified atom stereocenters. The minimum Gasteiger partial charge on any atom is -0.347 e. The van der Waals surface area contributed by atoms with Crippen molar-refractivity contribution in [2.75, 3.05) is 5.32 Å². The van der Waals surface area contributed by atoms with Crippen LogP contribution < -0.4 is 10.6 Å². The number of nitrogens with one attached hydrogen (secondary N) is 2. The molecule has 0 bridgehead atoms. The fourth-order valence-electron chi connectivity index (χ4n) is 5.11. The van der Waals surface area contributed by atoms with Gasteiger partial charge >= 0.3 is 0 Å². The van der Waals surface area contributed by atoms with Gasteiger partial charge in [0.2, 0.25) is 0 Å². The van der Waals surface area contributed by atoms with Gasteiger partial charge < -0.3 is 15.2 Å². The first-order chi connectivity index (χ1) is 21.5. The number of thioether (sulfide) groups is 1. The topological polar surface area (TPSA) is 63.1 Å². The van der Waals surface area contributed by atoms with Crippen molar-refractivity contribution >= 4 is 40.2 Å². The summed E-state index contributed by atoms with van der Waals surface area (Å²) in [4.78, 5) is 27.8. The van der Waals surface area contributed by atoms with Crippen LogP contribution >= 0.6 is 11.8 Å². The van der Waals surface area contributed by atoms with Gasteiger partial charge in [0.05, 0.1) is 5.56 Å². The Bertz CT molecular complexity index is 1920. The maximum absolute atomic E-state index is 14.0. The second kappa shape index (κ2) is 13.4. The largest absolute Gasteiger partial charge is 0.347 e. The zero-order valence-corrected chi connectivity index (χ0v) is 24.7. The maximum Gasteiger partial charge on any atom is 0.268 e. The third kappa shape index (κ3) is 6.90. The molecule has 1 aromatic heterocycles. The Morgan fingerprint density at radius 2 is 1.39 bits per heavy atom. The van der Waals surface area contributed by atoms with Gasteiger partial charge in [0.15, 0.2) is 0 Å². The van der Waals surface area contributed by atoms with E-state index in [1.807, 2.05) is 108 Å². The zero-order chi connectivity index (χ0) is 30.3. The quantitative estimate of drug-likeness (QED) is 0.156. The Morgan fingerprint density at radius 3 is 2.16 bits per heavy atom. The van der Waals surface area contributed by atoms with Crippen molar-refractivity contribution in [2.24, 2.45) is 0 Å². The number of fused-ring (bicyclic) bond motifs is 1. The standard InChI is InChI=1S/C37H30FN3O2S/c38-30-15-9-14-28(20-30)24-41-33-19-18-31(21-29(33)22-34(41)37(43)39-23-26-10-3-1-4-11-26)40-36(42)32-16-7-8-17-35(32)44-25-27-12-5-2-6-13-27/h1-22H,23-25H2,(H,39,43)(H,40,42). The minimum atomic E-state index is -0.332. The van der Waals surface area contributed by atoms with Crippen molar-refractivity contribution in [1.29, 1.82) is 0 Å². The number of anilines is 1. The van der Waals surface area contributed by atoms with Crippen LogP contribution in [0.5, 0.6) is 0 Å². The number of benzene rings is 5. The number of halogens is 1. The Hall–Kier alpha value is -5.14. The zero-order valence-electron chi connectivity index (χ0n) is 23.9. The smallest absolute Gasteiger partial charge is 0.268 e. The van der Waals surface area contributed by atoms with Crippen LogP contribution in [0.3, 0.4) is 0 Å². The van der Waals surface area contributed by atoms with Gasteiger partial charge in [-0.2, -0.15) is 0 Å². The van der Waals surface area contributed by atoms with Crippen LogP contribution in [0.2, 0.25) is 0 Å². The molecule has 7 heteroatoms. The van der Waals surface area contributed by atoms with Gasteiger partial charge in [-0.1, -0.05) is 84.9 Å². The first-order valence-corrected chi connectivity index (χ1v) is 15.3. The lowest BCUT2D eigenvalue weighted by atomic mass is 10.2. The minimum absolute atomic E-state index is 0.208. The molecule has 218 valence electrons. The predicted molar refractivity (Wildman–Crippen MR) is 175 cm³/mol. The lowest BCUT2D eigenvalue weighted by Crippen LogP contribution is -2.25. The van der Waals surface area contributed by atoms with Crippen molar-refractivity contribution < 1.29 is 14.0 Å². The van der Waals surface area contributed by atoms with Crippen LogP contribution in [-0.4, -0.2) is 16.4 Å². The number of carbonyl (C=O) groups excluding carboxylic acids is 2. The molecular formula is C37H30FN3O2S. The summed E-state index contributed by atoms with van der Waals surface area (Å²) in [6, 6.07) is 41.2. The summed E-state index contributed by atoms with van der Waals surface area (Å²) >= 11 is 1.62. The van der Waals surface area contributed by atoms with Crippen molar-refractivity contribution in [3.8, 4) is 0 Å². The average Bonchev–Trinajstić information content (AvgIpc) is 3.41. The molecule has 5 aromatic carbocycles. The van der Waals surface area contributed by atoms with E-state index >= 15 is 0 Å². The molecule has 0 spiro atoms. The molecule has 44 heavy (non-hydrogen) atoms. The maximum atomic E-state index is 14.0. The number of aromatic nitrogens is 1. The van der Waals surface area contributed by atoms with Gasteiger partial charge in [-0.15, -0.1) is 11.8 Å². The van der Waals surface area contributed by atoms with Gasteiger partial charge in [-0.3, -0.25) is 9.59 Å². The number of hydrogen-bond donors (Lipinski definition) is 2. The molecule has 0 aliphatic heterocycles. The van der Waals surface area contributed by atoms with E-state index in [1.54, 1.807) is 17.8 Å². The second-order valence-electron chi connectivity index (χ2n) is 10.4. The van der Waals surface area contributed by atoms with Crippen molar-refractivity contribution in [3.63, 3.8) is 0 Å². The first kappa shape index (κ1) is 29.0. The fourth-order valence-corrected chi connectivity index (χ4v) is 6.11. The van der Waals surface area contributed by atoms with Gasteiger partial charge in [0, 0.05) is 40.3 Å². The molecule has 1 heterocycles. The van der Waals surface area contributed by atoms with E-state index in [0.29, 0.717) is 30.0 Å². The van der Waals surface area contributed by atoms with E-state index in [9.17, 15) is 14.0 Å². The summed E-state index contributed by atoms with van der Waals surface area (Å²) in [7, 11) is 0. The number of amides is 2. The molecule has 0 aliphatic carbocycles. The summed E-state index contributed by atoms with van der Waals surface area (Å²) in [5, 5.41) is 6.83. The lowest BCUT2D eigenvalue weighted by molar-refractivity contribution is 0.0941. The highest BCUT2D eigenvalue weighted by Crippen LogP contribution is 2.29. The highest BCUT2D eigenvalue weighted by molar-refractivity contribution is 7.98. The van der Waals surface area contributed by atoms with E-state index in [0.717, 1.165) is 32.7 Å². The Balaban J connectivity index is 1.26. The highest BCUT2D eigenvalue weighted by atomic mass is 32.2. The average molecular weight is 600 g/mol. The molecule has 5 nitrogen and oxygen atoms in total. The van der Waals surface area contributed by atoms with Crippen LogP contribution in [0.15, 0.2) is 138 Å². The monoisotopic (exact) mass is 599 g/mol. The van der Waals surface area contributed by atoms with Crippen LogP contribution in [-0.2, 0) is 18.8 Å². The molecule has 6 rings (SSSR count). The van der Waals surface area contributed by atoms with Crippen LogP contribution in [0.4, 0.5) is 10.1 Å². The normalized spacial score (nSPS) is 10.9. The van der Waals surface area contributed by atoms with Crippen LogP contribution in [0, 0.1) is 5.82 Å². The third-order valence-corrected chi connectivity index (χ3v) is 8.43. The summed E-state index contributed by atoms with van der Waals surface area (Å²) in [5.74, 6) is -0.0245. The van der Waals surface area contributed by atoms with Gasteiger partial charge in [0.1, 0.15) is 11.5 Å². The van der Waals surface area contributed by atoms with Gasteiger partial charge in [-0.05, 0) is 65.2 Å². The van der Waals surface area contributed by atoms with Crippen LogP contribution in [0.25, 0.3) is 10.9 Å². The first-order valence-electron chi connectivity index (χ1n) is 14.3. The number of rotatable bonds is 10. The van der Waals surface area contributed by atoms with E-state index in [2.05, 4.69) is 22.8 Å². The van der Waals surface area contributed by atoms with E-state index in [4.69, 9.17) is 0 Å². The van der Waals surface area contributed by atoms with Crippen LogP contribution in [0.1, 0.15) is 37.5 Å². The fraction of sp³-hybridized carbons (Fsp3) is 0.0811. The third-order valence-electron chi connectivity index (χ3n) is 7.29. The molecule has 2 N–H and O–H groups in total. The summed E-state index contributed by atoms with van der Waals surface area (Å²) in [6.07, 6.45) is 0. The SMILES string of the molecule is O=C(Nc1ccc2c(c1)cc(C(=O)NCc1ccccc1)n2Cc1cccc(F)c1)c1ccccc1SCc1ccccc1. The van der Waals surface area contributed by atoms with E-state index in [1.165, 1.54) is 17.7 Å². The summed E-state index contributed by atoms with van der Waals surface area (Å²) in [6.45, 7) is 0.692. The number of hydrogen-bond acceptors (Lipinski definition) is 3. The number of nitrogens with zero attached hydrogens (tertiary/aromatic N) is 1. The van der Waals surface area contributed by atoms with Crippen molar-refractivity contribution in [3.05, 3.63) is 167 Å². The molecule has 2 amide bonds. The molecule has 0 atom stereocenters. The summed E-state index contributed by atoms with van der Waals surface area (Å²) < 4.78 is 15.9. The lowest BCUT2D eigenvalue weighted by Gasteiger charge is -2.13. The molecule has 0 fully saturated rings. The number of carbonyl (C=O) groups is 2. The van der Waals surface area contributed by atoms with Crippen molar-refractivity contribution in [1.82, 2.24) is 9.88 Å². The highest BCUT2D eigenvalue weighted by Gasteiger charge is 2.18. The van der Waals surface area contributed by atoms with E-state index in [-0.39, 0.29) is 17.6 Å². The van der Waals surface area contributed by atoms with Gasteiger partial charge in [0.25, 0.3) is 11.8 Å². The molecule has 0 saturated carbocycles. The summed E-state index contributed by atoms with van der Waals surface area (Å²) in [5.41, 5.74) is 5.37. The van der Waals surface area contributed by atoms with Gasteiger partial charge in [-0.25, -0.2) is 4.39 Å². The predicted octanol–water partition coefficient (Wildman–Crippen LogP) is 8.30. The molecule has 0 aliphatic rings. The Kier molecular flexibility index (Phi) is 8.85. The molecule has 0 radical (unpaired) electrons. The van der Waals surface area contributed by atoms with E-state index < -0.39 is 0 Å². The Labute approximate surface area is 259 Å². The van der Waals surface area contributed by atoms with Crippen molar-refractivity contribution in [2.45, 2.75) is 23.7 Å². The molecular weight excluding hydrogens is 569 g/mol. The molecule has 6 aromatic rings. The molecule has 0 saturated heterocycles. The Morgan fingerprint density at radius 1 is 0.682 bits per heavy atom.